The topological polar surface area (TPSA) is 26.0 Å². The first kappa shape index (κ1) is 11.2. The highest BCUT2D eigenvalue weighted by molar-refractivity contribution is 5.28. The molecule has 0 heterocycles. The molecular weight excluding hydrogens is 213 g/mol. The summed E-state index contributed by atoms with van der Waals surface area (Å²) in [5, 5.41) is 0. The lowest BCUT2D eigenvalue weighted by Crippen LogP contribution is -2.31. The average Bonchev–Trinajstić information content (AvgIpc) is 2.92. The molecule has 1 aromatic rings. The van der Waals surface area contributed by atoms with Gasteiger partial charge >= 0.3 is 0 Å². The lowest BCUT2D eigenvalue weighted by molar-refractivity contribution is 0.272. The Bertz CT molecular complexity index is 431. The number of benzene rings is 1. The van der Waals surface area contributed by atoms with Crippen LogP contribution in [0, 0.1) is 30.0 Å². The van der Waals surface area contributed by atoms with Gasteiger partial charge in [0.05, 0.1) is 0 Å². The van der Waals surface area contributed by atoms with Gasteiger partial charge in [0.2, 0.25) is 0 Å². The Kier molecular flexibility index (Phi) is 2.51. The summed E-state index contributed by atoms with van der Waals surface area (Å²) in [4.78, 5) is 0. The number of aryl methyl sites for hydroxylation is 1. The second-order valence-electron chi connectivity index (χ2n) is 6.12. The van der Waals surface area contributed by atoms with E-state index in [-0.39, 0.29) is 11.2 Å². The summed E-state index contributed by atoms with van der Waals surface area (Å²) >= 11 is 0. The molecule has 2 heteroatoms. The van der Waals surface area contributed by atoms with Crippen LogP contribution in [-0.2, 0) is 6.42 Å². The van der Waals surface area contributed by atoms with E-state index in [1.165, 1.54) is 24.8 Å². The molecule has 2 atom stereocenters. The molecule has 3 rings (SSSR count). The largest absolute Gasteiger partial charge is 0.330 e. The highest BCUT2D eigenvalue weighted by atomic mass is 19.1. The van der Waals surface area contributed by atoms with Gasteiger partial charge in [-0.05, 0) is 79.7 Å². The maximum atomic E-state index is 13.3. The number of fused-ring (bicyclic) bond motifs is 1. The molecule has 0 aliphatic heterocycles. The van der Waals surface area contributed by atoms with Crippen LogP contribution in [0.4, 0.5) is 4.39 Å². The van der Waals surface area contributed by atoms with E-state index in [1.54, 1.807) is 12.1 Å². The zero-order valence-electron chi connectivity index (χ0n) is 10.4. The zero-order chi connectivity index (χ0) is 12.0. The third kappa shape index (κ3) is 1.99. The van der Waals surface area contributed by atoms with Gasteiger partial charge in [0.1, 0.15) is 5.82 Å². The van der Waals surface area contributed by atoms with Crippen molar-refractivity contribution >= 4 is 0 Å². The first-order chi connectivity index (χ1) is 8.12. The van der Waals surface area contributed by atoms with Gasteiger partial charge < -0.3 is 5.73 Å². The number of rotatable bonds is 3. The van der Waals surface area contributed by atoms with E-state index in [2.05, 4.69) is 6.92 Å². The van der Waals surface area contributed by atoms with E-state index in [4.69, 9.17) is 5.73 Å². The minimum Gasteiger partial charge on any atom is -0.330 e. The SMILES string of the molecule is Cc1ccc(F)cc1CC1(CN)CC2CC2C1. The van der Waals surface area contributed by atoms with Crippen molar-refractivity contribution in [3.63, 3.8) is 0 Å². The smallest absolute Gasteiger partial charge is 0.123 e. The molecule has 0 spiro atoms. The van der Waals surface area contributed by atoms with Gasteiger partial charge in [-0.1, -0.05) is 6.07 Å². The predicted octanol–water partition coefficient (Wildman–Crippen LogP) is 3.05. The van der Waals surface area contributed by atoms with Crippen molar-refractivity contribution in [1.82, 2.24) is 0 Å². The molecule has 2 aliphatic carbocycles. The van der Waals surface area contributed by atoms with E-state index in [0.29, 0.717) is 0 Å². The van der Waals surface area contributed by atoms with Crippen LogP contribution in [0.5, 0.6) is 0 Å². The standard InChI is InChI=1S/C15H20FN/c1-10-2-3-14(16)5-11(10)6-15(9-17)7-12-4-13(12)8-15/h2-3,5,12-13H,4,6-9,17H2,1H3. The van der Waals surface area contributed by atoms with Crippen molar-refractivity contribution in [1.29, 1.82) is 0 Å². The molecule has 1 aromatic carbocycles. The first-order valence-corrected chi connectivity index (χ1v) is 6.57. The predicted molar refractivity (Wildman–Crippen MR) is 67.2 cm³/mol. The molecule has 2 fully saturated rings. The quantitative estimate of drug-likeness (QED) is 0.853. The van der Waals surface area contributed by atoms with Crippen LogP contribution in [0.3, 0.4) is 0 Å². The molecule has 0 amide bonds. The third-order valence-corrected chi connectivity index (χ3v) is 4.77. The zero-order valence-corrected chi connectivity index (χ0v) is 10.4. The van der Waals surface area contributed by atoms with Crippen LogP contribution < -0.4 is 5.73 Å². The molecule has 0 bridgehead atoms. The van der Waals surface area contributed by atoms with Crippen LogP contribution in [0.2, 0.25) is 0 Å². The molecule has 92 valence electrons. The minimum atomic E-state index is -0.124. The summed E-state index contributed by atoms with van der Waals surface area (Å²) in [5.41, 5.74) is 8.59. The van der Waals surface area contributed by atoms with Gasteiger partial charge in [0.25, 0.3) is 0 Å². The maximum absolute atomic E-state index is 13.3. The number of hydrogen-bond donors (Lipinski definition) is 1. The second-order valence-corrected chi connectivity index (χ2v) is 6.12. The number of halogens is 1. The summed E-state index contributed by atoms with van der Waals surface area (Å²) in [6.07, 6.45) is 4.87. The molecule has 0 radical (unpaired) electrons. The highest BCUT2D eigenvalue weighted by Gasteiger charge is 2.52. The van der Waals surface area contributed by atoms with Gasteiger partial charge in [-0.3, -0.25) is 0 Å². The lowest BCUT2D eigenvalue weighted by Gasteiger charge is -2.30. The molecule has 17 heavy (non-hydrogen) atoms. The summed E-state index contributed by atoms with van der Waals surface area (Å²) in [5.74, 6) is 1.72. The van der Waals surface area contributed by atoms with E-state index in [1.807, 2.05) is 6.07 Å². The summed E-state index contributed by atoms with van der Waals surface area (Å²) in [6.45, 7) is 2.81. The van der Waals surface area contributed by atoms with Crippen LogP contribution in [-0.4, -0.2) is 6.54 Å². The van der Waals surface area contributed by atoms with E-state index < -0.39 is 0 Å². The normalized spacial score (nSPS) is 34.8. The van der Waals surface area contributed by atoms with Crippen LogP contribution >= 0.6 is 0 Å². The Morgan fingerprint density at radius 3 is 2.71 bits per heavy atom. The summed E-state index contributed by atoms with van der Waals surface area (Å²) in [6, 6.07) is 5.11. The Balaban J connectivity index is 1.83. The Morgan fingerprint density at radius 1 is 1.35 bits per heavy atom. The Labute approximate surface area is 102 Å². The fourth-order valence-corrected chi connectivity index (χ4v) is 3.62. The average molecular weight is 233 g/mol. The van der Waals surface area contributed by atoms with Crippen molar-refractivity contribution in [2.45, 2.75) is 32.6 Å². The Morgan fingerprint density at radius 2 is 2.06 bits per heavy atom. The van der Waals surface area contributed by atoms with Crippen molar-refractivity contribution < 1.29 is 4.39 Å². The van der Waals surface area contributed by atoms with Crippen molar-refractivity contribution in [2.24, 2.45) is 23.0 Å². The molecule has 1 nitrogen and oxygen atoms in total. The van der Waals surface area contributed by atoms with Crippen molar-refractivity contribution in [3.05, 3.63) is 35.1 Å². The van der Waals surface area contributed by atoms with Gasteiger partial charge in [-0.2, -0.15) is 0 Å². The Hall–Kier alpha value is -0.890. The van der Waals surface area contributed by atoms with Gasteiger partial charge in [-0.25, -0.2) is 4.39 Å². The van der Waals surface area contributed by atoms with Crippen LogP contribution in [0.1, 0.15) is 30.4 Å². The summed E-state index contributed by atoms with van der Waals surface area (Å²) < 4.78 is 13.3. The fraction of sp³-hybridized carbons (Fsp3) is 0.600. The molecule has 2 aliphatic rings. The second kappa shape index (κ2) is 3.81. The van der Waals surface area contributed by atoms with Gasteiger partial charge in [-0.15, -0.1) is 0 Å². The molecule has 0 saturated heterocycles. The fourth-order valence-electron chi connectivity index (χ4n) is 3.62. The minimum absolute atomic E-state index is 0.124. The monoisotopic (exact) mass is 233 g/mol. The van der Waals surface area contributed by atoms with Crippen LogP contribution in [0.15, 0.2) is 18.2 Å². The molecular formula is C15H20FN. The van der Waals surface area contributed by atoms with Gasteiger partial charge in [0, 0.05) is 0 Å². The maximum Gasteiger partial charge on any atom is 0.123 e. The highest BCUT2D eigenvalue weighted by Crippen LogP contribution is 2.60. The third-order valence-electron chi connectivity index (χ3n) is 4.77. The van der Waals surface area contributed by atoms with Gasteiger partial charge in [0.15, 0.2) is 0 Å². The molecule has 2 saturated carbocycles. The van der Waals surface area contributed by atoms with E-state index in [9.17, 15) is 4.39 Å². The van der Waals surface area contributed by atoms with E-state index >= 15 is 0 Å². The first-order valence-electron chi connectivity index (χ1n) is 6.57. The number of nitrogens with two attached hydrogens (primary N) is 1. The van der Waals surface area contributed by atoms with Crippen molar-refractivity contribution in [3.8, 4) is 0 Å². The summed E-state index contributed by atoms with van der Waals surface area (Å²) in [7, 11) is 0. The number of hydrogen-bond acceptors (Lipinski definition) is 1. The lowest BCUT2D eigenvalue weighted by atomic mass is 9.77. The molecule has 2 unspecified atom stereocenters. The molecule has 2 N–H and O–H groups in total. The van der Waals surface area contributed by atoms with Crippen LogP contribution in [0.25, 0.3) is 0 Å². The van der Waals surface area contributed by atoms with E-state index in [0.717, 1.165) is 30.4 Å². The van der Waals surface area contributed by atoms with Crippen molar-refractivity contribution in [2.75, 3.05) is 6.54 Å². The molecule has 0 aromatic heterocycles.